The van der Waals surface area contributed by atoms with Crippen molar-refractivity contribution in [2.24, 2.45) is 0 Å². The summed E-state index contributed by atoms with van der Waals surface area (Å²) >= 11 is 0. The summed E-state index contributed by atoms with van der Waals surface area (Å²) in [5, 5.41) is 2.75. The van der Waals surface area contributed by atoms with Crippen molar-refractivity contribution in [3.05, 3.63) is 76.6 Å². The van der Waals surface area contributed by atoms with Gasteiger partial charge in [-0.1, -0.05) is 30.3 Å². The topological polar surface area (TPSA) is 75.5 Å². The van der Waals surface area contributed by atoms with Crippen molar-refractivity contribution in [2.45, 2.75) is 37.3 Å². The molecule has 2 aliphatic heterocycles. The Labute approximate surface area is 215 Å². The zero-order valence-corrected chi connectivity index (χ0v) is 20.7. The zero-order chi connectivity index (χ0) is 26.4. The maximum atomic E-state index is 13.9. The Bertz CT molecular complexity index is 1160. The number of hydrogen-bond donors (Lipinski definition) is 1. The zero-order valence-electron chi connectivity index (χ0n) is 20.7. The number of likely N-dealkylation sites (tertiary alicyclic amines) is 1. The van der Waals surface area contributed by atoms with Crippen LogP contribution in [0.2, 0.25) is 0 Å². The first-order chi connectivity index (χ1) is 17.9. The standard InChI is InChI=1S/C27H30F2N4O4/c1-30-23-7-4-3-6-20(23)18-10-14-32(15-11-18)13-5-12-31-26(34)33-25(24(17-36-2)37-27(33)35)19-8-9-21(28)22(29)16-19/h3-4,6-9,16,18,24-25H,5,10-15,17H2,2H3,(H,31,34). The van der Waals surface area contributed by atoms with Gasteiger partial charge in [0.25, 0.3) is 0 Å². The van der Waals surface area contributed by atoms with Crippen LogP contribution < -0.4 is 5.32 Å². The fraction of sp³-hybridized carbons (Fsp3) is 0.444. The molecule has 37 heavy (non-hydrogen) atoms. The van der Waals surface area contributed by atoms with Crippen LogP contribution in [0.1, 0.15) is 42.3 Å². The lowest BCUT2D eigenvalue weighted by Crippen LogP contribution is -2.44. The smallest absolute Gasteiger partial charge is 0.419 e. The van der Waals surface area contributed by atoms with E-state index in [2.05, 4.69) is 15.1 Å². The molecule has 4 rings (SSSR count). The lowest BCUT2D eigenvalue weighted by molar-refractivity contribution is 0.0584. The average molecular weight is 513 g/mol. The number of carbonyl (C=O) groups excluding carboxylic acids is 2. The molecule has 2 unspecified atom stereocenters. The molecule has 8 nitrogen and oxygen atoms in total. The first-order valence-electron chi connectivity index (χ1n) is 12.3. The highest BCUT2D eigenvalue weighted by molar-refractivity contribution is 5.93. The number of benzene rings is 2. The van der Waals surface area contributed by atoms with Gasteiger partial charge < -0.3 is 19.7 Å². The summed E-state index contributed by atoms with van der Waals surface area (Å²) in [7, 11) is 1.42. The van der Waals surface area contributed by atoms with Crippen LogP contribution in [0.3, 0.4) is 0 Å². The number of nitrogens with zero attached hydrogens (tertiary/aromatic N) is 3. The van der Waals surface area contributed by atoms with Crippen LogP contribution in [0, 0.1) is 18.2 Å². The number of rotatable bonds is 8. The van der Waals surface area contributed by atoms with E-state index < -0.39 is 35.9 Å². The van der Waals surface area contributed by atoms with Gasteiger partial charge in [-0.3, -0.25) is 0 Å². The Morgan fingerprint density at radius 3 is 2.65 bits per heavy atom. The monoisotopic (exact) mass is 512 g/mol. The molecule has 0 spiro atoms. The van der Waals surface area contributed by atoms with Crippen molar-refractivity contribution < 1.29 is 27.8 Å². The van der Waals surface area contributed by atoms with Crippen LogP contribution in [0.25, 0.3) is 4.85 Å². The predicted molar refractivity (Wildman–Crippen MR) is 132 cm³/mol. The van der Waals surface area contributed by atoms with Gasteiger partial charge in [0.2, 0.25) is 0 Å². The number of amides is 3. The van der Waals surface area contributed by atoms with Crippen molar-refractivity contribution in [1.82, 2.24) is 15.1 Å². The molecule has 2 aliphatic rings. The fourth-order valence-corrected chi connectivity index (χ4v) is 5.07. The molecular weight excluding hydrogens is 482 g/mol. The minimum Gasteiger partial charge on any atom is -0.441 e. The molecule has 0 bridgehead atoms. The van der Waals surface area contributed by atoms with E-state index in [4.69, 9.17) is 16.0 Å². The quantitative estimate of drug-likeness (QED) is 0.398. The number of piperidine rings is 1. The molecule has 0 saturated carbocycles. The van der Waals surface area contributed by atoms with Crippen LogP contribution in [0.5, 0.6) is 0 Å². The van der Waals surface area contributed by atoms with Gasteiger partial charge in [-0.05, 0) is 68.1 Å². The second-order valence-corrected chi connectivity index (χ2v) is 9.24. The maximum Gasteiger partial charge on any atom is 0.419 e. The molecule has 0 aliphatic carbocycles. The van der Waals surface area contributed by atoms with E-state index in [1.54, 1.807) is 0 Å². The van der Waals surface area contributed by atoms with E-state index in [0.29, 0.717) is 18.9 Å². The number of halogens is 2. The molecule has 2 atom stereocenters. The normalized spacial score (nSPS) is 20.5. The number of ether oxygens (including phenoxy) is 2. The summed E-state index contributed by atoms with van der Waals surface area (Å²) in [5.41, 5.74) is 2.08. The van der Waals surface area contributed by atoms with Gasteiger partial charge in [0.1, 0.15) is 6.04 Å². The Balaban J connectivity index is 1.29. The lowest BCUT2D eigenvalue weighted by atomic mass is 9.88. The van der Waals surface area contributed by atoms with E-state index >= 15 is 0 Å². The van der Waals surface area contributed by atoms with Gasteiger partial charge in [0, 0.05) is 13.7 Å². The third kappa shape index (κ3) is 6.06. The second kappa shape index (κ2) is 12.1. The lowest BCUT2D eigenvalue weighted by Gasteiger charge is -2.32. The maximum absolute atomic E-state index is 13.9. The van der Waals surface area contributed by atoms with Crippen molar-refractivity contribution in [2.75, 3.05) is 39.9 Å². The van der Waals surface area contributed by atoms with Crippen LogP contribution in [0.15, 0.2) is 42.5 Å². The van der Waals surface area contributed by atoms with Gasteiger partial charge in [0.15, 0.2) is 23.4 Å². The van der Waals surface area contributed by atoms with Crippen molar-refractivity contribution in [3.63, 3.8) is 0 Å². The number of nitrogens with one attached hydrogen (secondary N) is 1. The highest BCUT2D eigenvalue weighted by Gasteiger charge is 2.46. The molecule has 2 aromatic carbocycles. The summed E-state index contributed by atoms with van der Waals surface area (Å²) in [5.74, 6) is -1.72. The third-order valence-corrected chi connectivity index (χ3v) is 6.93. The molecule has 0 aromatic heterocycles. The molecule has 2 saturated heterocycles. The van der Waals surface area contributed by atoms with E-state index in [1.807, 2.05) is 24.3 Å². The predicted octanol–water partition coefficient (Wildman–Crippen LogP) is 5.00. The van der Waals surface area contributed by atoms with Gasteiger partial charge >= 0.3 is 12.1 Å². The number of imide groups is 1. The Morgan fingerprint density at radius 2 is 1.95 bits per heavy atom. The number of cyclic esters (lactones) is 1. The van der Waals surface area contributed by atoms with Crippen LogP contribution in [0.4, 0.5) is 24.1 Å². The van der Waals surface area contributed by atoms with Gasteiger partial charge in [0.05, 0.1) is 13.2 Å². The van der Waals surface area contributed by atoms with Gasteiger partial charge in [-0.25, -0.2) is 28.1 Å². The summed E-state index contributed by atoms with van der Waals surface area (Å²) in [6.07, 6.45) is 0.901. The van der Waals surface area contributed by atoms with Crippen LogP contribution in [-0.4, -0.2) is 67.9 Å². The minimum atomic E-state index is -1.07. The number of para-hydroxylation sites is 1. The second-order valence-electron chi connectivity index (χ2n) is 9.24. The van der Waals surface area contributed by atoms with E-state index in [0.717, 1.165) is 60.8 Å². The van der Waals surface area contributed by atoms with Crippen LogP contribution in [-0.2, 0) is 9.47 Å². The Kier molecular flexibility index (Phi) is 8.69. The molecule has 196 valence electrons. The fourth-order valence-electron chi connectivity index (χ4n) is 5.07. The summed E-state index contributed by atoms with van der Waals surface area (Å²) < 4.78 is 37.7. The number of methoxy groups -OCH3 is 1. The first kappa shape index (κ1) is 26.5. The molecule has 1 N–H and O–H groups in total. The molecular formula is C27H30F2N4O4. The largest absolute Gasteiger partial charge is 0.441 e. The Morgan fingerprint density at radius 1 is 1.19 bits per heavy atom. The molecule has 0 radical (unpaired) electrons. The molecule has 2 heterocycles. The summed E-state index contributed by atoms with van der Waals surface area (Å²) in [6.45, 7) is 10.3. The van der Waals surface area contributed by atoms with Crippen molar-refractivity contribution in [3.8, 4) is 0 Å². The highest BCUT2D eigenvalue weighted by Crippen LogP contribution is 2.35. The average Bonchev–Trinajstić information content (AvgIpc) is 3.24. The number of carbonyl (C=O) groups is 2. The van der Waals surface area contributed by atoms with E-state index in [1.165, 1.54) is 13.2 Å². The molecule has 2 aromatic rings. The number of hydrogen-bond acceptors (Lipinski definition) is 5. The summed E-state index contributed by atoms with van der Waals surface area (Å²) in [6, 6.07) is 9.41. The van der Waals surface area contributed by atoms with Crippen LogP contribution >= 0.6 is 0 Å². The minimum absolute atomic E-state index is 0.00447. The van der Waals surface area contributed by atoms with E-state index in [9.17, 15) is 18.4 Å². The Hall–Kier alpha value is -3.55. The molecule has 2 fully saturated rings. The third-order valence-electron chi connectivity index (χ3n) is 6.93. The summed E-state index contributed by atoms with van der Waals surface area (Å²) in [4.78, 5) is 32.3. The van der Waals surface area contributed by atoms with E-state index in [-0.39, 0.29) is 12.2 Å². The first-order valence-corrected chi connectivity index (χ1v) is 12.3. The molecule has 3 amide bonds. The van der Waals surface area contributed by atoms with Crippen molar-refractivity contribution >= 4 is 17.8 Å². The van der Waals surface area contributed by atoms with Gasteiger partial charge in [-0.15, -0.1) is 0 Å². The number of urea groups is 1. The van der Waals surface area contributed by atoms with Gasteiger partial charge in [-0.2, -0.15) is 0 Å². The molecule has 10 heteroatoms. The highest BCUT2D eigenvalue weighted by atomic mass is 19.2. The van der Waals surface area contributed by atoms with Crippen molar-refractivity contribution in [1.29, 1.82) is 0 Å². The SMILES string of the molecule is [C-]#[N+]c1ccccc1C1CCN(CCCNC(=O)N2C(=O)OC(COC)C2c2ccc(F)c(F)c2)CC1.